The van der Waals surface area contributed by atoms with Gasteiger partial charge in [-0.15, -0.1) is 0 Å². The third kappa shape index (κ3) is 9.03. The molecular weight excluding hydrogens is 352 g/mol. The van der Waals surface area contributed by atoms with Crippen molar-refractivity contribution < 1.29 is 19.4 Å². The molecule has 0 unspecified atom stereocenters. The van der Waals surface area contributed by atoms with E-state index in [-0.39, 0.29) is 24.9 Å². The summed E-state index contributed by atoms with van der Waals surface area (Å²) in [5.41, 5.74) is 5.34. The molecule has 0 amide bonds. The molecule has 0 aliphatic heterocycles. The first-order chi connectivity index (χ1) is 13.1. The van der Waals surface area contributed by atoms with Gasteiger partial charge >= 0.3 is 11.9 Å². The highest BCUT2D eigenvalue weighted by atomic mass is 16.5. The third-order valence-electron chi connectivity index (χ3n) is 4.97. The molecule has 4 nitrogen and oxygen atoms in total. The van der Waals surface area contributed by atoms with Crippen molar-refractivity contribution in [2.45, 2.75) is 66.7 Å². The highest BCUT2D eigenvalue weighted by Gasteiger charge is 2.26. The zero-order valence-corrected chi connectivity index (χ0v) is 17.9. The molecular formula is C24H34O4. The maximum absolute atomic E-state index is 11.3. The van der Waals surface area contributed by atoms with Crippen molar-refractivity contribution in [1.29, 1.82) is 0 Å². The Labute approximate surface area is 169 Å². The first-order valence-electron chi connectivity index (χ1n) is 9.89. The summed E-state index contributed by atoms with van der Waals surface area (Å²) in [6.07, 6.45) is 15.6. The summed E-state index contributed by atoms with van der Waals surface area (Å²) in [6, 6.07) is 0. The molecule has 1 N–H and O–H groups in total. The van der Waals surface area contributed by atoms with E-state index in [1.54, 1.807) is 6.08 Å². The lowest BCUT2D eigenvalue weighted by Crippen LogP contribution is -2.19. The Bertz CT molecular complexity index is 715. The molecule has 0 fully saturated rings. The van der Waals surface area contributed by atoms with E-state index in [2.05, 4.69) is 45.9 Å². The van der Waals surface area contributed by atoms with Crippen LogP contribution >= 0.6 is 0 Å². The Kier molecular flexibility index (Phi) is 9.70. The second-order valence-electron chi connectivity index (χ2n) is 8.06. The normalized spacial score (nSPS) is 18.2. The number of allylic oxidation sites excluding steroid dienone is 9. The number of esters is 1. The van der Waals surface area contributed by atoms with E-state index in [1.165, 1.54) is 36.0 Å². The van der Waals surface area contributed by atoms with Crippen molar-refractivity contribution in [1.82, 2.24) is 0 Å². The van der Waals surface area contributed by atoms with Crippen molar-refractivity contribution >= 4 is 11.9 Å². The minimum atomic E-state index is -0.999. The van der Waals surface area contributed by atoms with Crippen LogP contribution in [0.4, 0.5) is 0 Å². The topological polar surface area (TPSA) is 63.6 Å². The minimum Gasteiger partial charge on any atom is -0.481 e. The number of rotatable bonds is 9. The van der Waals surface area contributed by atoms with E-state index < -0.39 is 11.9 Å². The Morgan fingerprint density at radius 1 is 1.14 bits per heavy atom. The summed E-state index contributed by atoms with van der Waals surface area (Å²) in [4.78, 5) is 21.8. The lowest BCUT2D eigenvalue weighted by atomic mass is 9.72. The van der Waals surface area contributed by atoms with Crippen LogP contribution in [-0.4, -0.2) is 23.7 Å². The maximum atomic E-state index is 11.3. The molecule has 0 atom stereocenters. The largest absolute Gasteiger partial charge is 0.481 e. The number of ether oxygens (including phenoxy) is 1. The average molecular weight is 387 g/mol. The number of carboxylic acid groups (broad SMARTS) is 1. The van der Waals surface area contributed by atoms with Gasteiger partial charge in [0.2, 0.25) is 0 Å². The van der Waals surface area contributed by atoms with Crippen LogP contribution in [0.25, 0.3) is 0 Å². The van der Waals surface area contributed by atoms with Gasteiger partial charge in [0.1, 0.15) is 6.61 Å². The summed E-state index contributed by atoms with van der Waals surface area (Å²) in [5, 5.41) is 8.53. The fraction of sp³-hybridized carbons (Fsp3) is 0.500. The number of carboxylic acids is 1. The molecule has 0 spiro atoms. The second kappa shape index (κ2) is 11.5. The van der Waals surface area contributed by atoms with E-state index in [9.17, 15) is 9.59 Å². The lowest BCUT2D eigenvalue weighted by molar-refractivity contribution is -0.146. The molecule has 0 aromatic heterocycles. The van der Waals surface area contributed by atoms with Gasteiger partial charge in [0.25, 0.3) is 0 Å². The summed E-state index contributed by atoms with van der Waals surface area (Å²) in [7, 11) is 0. The molecule has 0 bridgehead atoms. The smallest absolute Gasteiger partial charge is 0.306 e. The van der Waals surface area contributed by atoms with Gasteiger partial charge in [0, 0.05) is 0 Å². The lowest BCUT2D eigenvalue weighted by Gasteiger charge is -2.32. The van der Waals surface area contributed by atoms with E-state index in [0.29, 0.717) is 0 Å². The van der Waals surface area contributed by atoms with Gasteiger partial charge in [-0.2, -0.15) is 0 Å². The quantitative estimate of drug-likeness (QED) is 0.394. The zero-order valence-electron chi connectivity index (χ0n) is 17.9. The highest BCUT2D eigenvalue weighted by molar-refractivity contribution is 5.76. The first kappa shape index (κ1) is 23.7. The molecule has 0 radical (unpaired) electrons. The standard InChI is InChI=1S/C24H34O4/c1-18(11-12-21-20(3)10-7-16-24(21,4)5)8-6-9-19(2)15-17-28-23(27)14-13-22(25)26/h6,8-9,11-12,15H,7,10,13-14,16-17H2,1-5H3,(H,25,26)/b9-6-,12-11+,18-8+,19-15+. The first-order valence-corrected chi connectivity index (χ1v) is 9.89. The predicted octanol–water partition coefficient (Wildman–Crippen LogP) is 5.93. The predicted molar refractivity (Wildman–Crippen MR) is 114 cm³/mol. The van der Waals surface area contributed by atoms with Gasteiger partial charge in [0.05, 0.1) is 12.8 Å². The monoisotopic (exact) mass is 386 g/mol. The molecule has 0 aromatic carbocycles. The second-order valence-corrected chi connectivity index (χ2v) is 8.06. The number of hydrogen-bond acceptors (Lipinski definition) is 3. The van der Waals surface area contributed by atoms with Crippen molar-refractivity contribution in [3.05, 3.63) is 58.7 Å². The minimum absolute atomic E-state index is 0.0982. The maximum Gasteiger partial charge on any atom is 0.306 e. The summed E-state index contributed by atoms with van der Waals surface area (Å²) in [5.74, 6) is -1.49. The number of carbonyl (C=O) groups is 2. The van der Waals surface area contributed by atoms with Crippen LogP contribution in [0.5, 0.6) is 0 Å². The molecule has 1 rings (SSSR count). The van der Waals surface area contributed by atoms with Crippen LogP contribution in [0.2, 0.25) is 0 Å². The van der Waals surface area contributed by atoms with Gasteiger partial charge < -0.3 is 9.84 Å². The molecule has 0 saturated heterocycles. The van der Waals surface area contributed by atoms with Crippen molar-refractivity contribution in [2.75, 3.05) is 6.61 Å². The van der Waals surface area contributed by atoms with Crippen molar-refractivity contribution in [3.63, 3.8) is 0 Å². The van der Waals surface area contributed by atoms with Crippen LogP contribution in [0, 0.1) is 5.41 Å². The number of hydrogen-bond donors (Lipinski definition) is 1. The van der Waals surface area contributed by atoms with Crippen molar-refractivity contribution in [2.24, 2.45) is 5.41 Å². The molecule has 154 valence electrons. The molecule has 1 aliphatic carbocycles. The third-order valence-corrected chi connectivity index (χ3v) is 4.97. The molecule has 1 aliphatic rings. The van der Waals surface area contributed by atoms with Crippen LogP contribution in [0.3, 0.4) is 0 Å². The fourth-order valence-corrected chi connectivity index (χ4v) is 3.25. The summed E-state index contributed by atoms with van der Waals surface area (Å²) < 4.78 is 4.98. The number of carbonyl (C=O) groups excluding carboxylic acids is 1. The summed E-state index contributed by atoms with van der Waals surface area (Å²) in [6.45, 7) is 11.0. The summed E-state index contributed by atoms with van der Waals surface area (Å²) >= 11 is 0. The van der Waals surface area contributed by atoms with E-state index in [1.807, 2.05) is 19.1 Å². The Hall–Kier alpha value is -2.36. The fourth-order valence-electron chi connectivity index (χ4n) is 3.25. The van der Waals surface area contributed by atoms with Crippen LogP contribution in [0.15, 0.2) is 58.7 Å². The molecule has 4 heteroatoms. The highest BCUT2D eigenvalue weighted by Crippen LogP contribution is 2.40. The number of aliphatic carboxylic acids is 1. The Balaban J connectivity index is 2.54. The Morgan fingerprint density at radius 3 is 2.50 bits per heavy atom. The van der Waals surface area contributed by atoms with E-state index in [0.717, 1.165) is 5.57 Å². The van der Waals surface area contributed by atoms with Gasteiger partial charge in [-0.1, -0.05) is 60.9 Å². The van der Waals surface area contributed by atoms with Gasteiger partial charge in [0.15, 0.2) is 0 Å². The molecule has 0 saturated carbocycles. The van der Waals surface area contributed by atoms with Crippen molar-refractivity contribution in [3.8, 4) is 0 Å². The van der Waals surface area contributed by atoms with Crippen LogP contribution < -0.4 is 0 Å². The van der Waals surface area contributed by atoms with E-state index >= 15 is 0 Å². The average Bonchev–Trinajstić information content (AvgIpc) is 2.59. The van der Waals surface area contributed by atoms with Gasteiger partial charge in [-0.05, 0) is 57.1 Å². The zero-order chi connectivity index (χ0) is 21.2. The SMILES string of the molecule is CC1=C(/C=C/C(C)=C/C=C\C(C)=C\COC(=O)CCC(=O)O)C(C)(C)CCC1. The molecule has 28 heavy (non-hydrogen) atoms. The van der Waals surface area contributed by atoms with Crippen LogP contribution in [0.1, 0.15) is 66.7 Å². The van der Waals surface area contributed by atoms with Crippen LogP contribution in [-0.2, 0) is 14.3 Å². The Morgan fingerprint density at radius 2 is 1.86 bits per heavy atom. The van der Waals surface area contributed by atoms with E-state index in [4.69, 9.17) is 9.84 Å². The van der Waals surface area contributed by atoms with Gasteiger partial charge in [-0.25, -0.2) is 0 Å². The van der Waals surface area contributed by atoms with Gasteiger partial charge in [-0.3, -0.25) is 9.59 Å². The molecule has 0 heterocycles. The molecule has 0 aromatic rings.